The summed E-state index contributed by atoms with van der Waals surface area (Å²) in [6.07, 6.45) is 21.4. The first kappa shape index (κ1) is 20.3. The fraction of sp³-hybridized carbons (Fsp3) is 0.778. The first-order valence-electron chi connectivity index (χ1n) is 8.72. The van der Waals surface area contributed by atoms with E-state index in [1.807, 2.05) is 0 Å². The lowest BCUT2D eigenvalue weighted by atomic mass is 10.1. The second-order valence-corrected chi connectivity index (χ2v) is 8.48. The summed E-state index contributed by atoms with van der Waals surface area (Å²) in [7, 11) is 2.03. The van der Waals surface area contributed by atoms with E-state index < -0.39 is 0 Å². The Morgan fingerprint density at radius 3 is 1.35 bits per heavy atom. The molecule has 0 spiro atoms. The van der Waals surface area contributed by atoms with Crippen molar-refractivity contribution >= 4 is 16.5 Å². The number of hydrogen-bond acceptors (Lipinski definition) is 0. The minimum absolute atomic E-state index is 1.02. The molecule has 0 aliphatic heterocycles. The molecule has 0 aromatic carbocycles. The highest BCUT2D eigenvalue weighted by atomic mass is 32.0. The molecule has 20 heavy (non-hydrogen) atoms. The van der Waals surface area contributed by atoms with Crippen LogP contribution in [-0.4, -0.2) is 0 Å². The van der Waals surface area contributed by atoms with Gasteiger partial charge in [0.1, 0.15) is 0 Å². The molecular weight excluding hydrogens is 278 g/mol. The van der Waals surface area contributed by atoms with Crippen LogP contribution in [0.1, 0.15) is 90.9 Å². The van der Waals surface area contributed by atoms with Crippen LogP contribution >= 0.6 is 16.5 Å². The van der Waals surface area contributed by atoms with Gasteiger partial charge in [0, 0.05) is 0 Å². The maximum Gasteiger partial charge on any atom is -0.0347 e. The summed E-state index contributed by atoms with van der Waals surface area (Å²) in [5, 5.41) is 0. The molecule has 2 heteroatoms. The third kappa shape index (κ3) is 18.3. The Kier molecular flexibility index (Phi) is 19.7. The molecule has 2 atom stereocenters. The lowest BCUT2D eigenvalue weighted by Crippen LogP contribution is -1.75. The maximum atomic E-state index is 2.41. The van der Waals surface area contributed by atoms with Crippen molar-refractivity contribution in [3.05, 3.63) is 23.8 Å². The van der Waals surface area contributed by atoms with Crippen LogP contribution in [0.4, 0.5) is 0 Å². The van der Waals surface area contributed by atoms with Gasteiger partial charge in [-0.3, -0.25) is 0 Å². The zero-order valence-electron chi connectivity index (χ0n) is 13.8. The summed E-state index contributed by atoms with van der Waals surface area (Å²) in [5.74, 6) is 4.81. The van der Waals surface area contributed by atoms with E-state index >= 15 is 0 Å². The van der Waals surface area contributed by atoms with Gasteiger partial charge in [-0.05, 0) is 25.7 Å². The molecule has 0 aromatic heterocycles. The fourth-order valence-corrected chi connectivity index (χ4v) is 4.16. The topological polar surface area (TPSA) is 0 Å². The molecule has 0 radical (unpaired) electrons. The predicted molar refractivity (Wildman–Crippen MR) is 102 cm³/mol. The third-order valence-electron chi connectivity index (χ3n) is 3.43. The molecule has 0 bridgehead atoms. The Labute approximate surface area is 131 Å². The van der Waals surface area contributed by atoms with Gasteiger partial charge < -0.3 is 0 Å². The number of hydrogen-bond donors (Lipinski definition) is 0. The van der Waals surface area contributed by atoms with Crippen LogP contribution in [0.25, 0.3) is 0 Å². The largest absolute Gasteiger partial charge is 0.0840 e. The highest BCUT2D eigenvalue weighted by molar-refractivity contribution is 8.14. The average Bonchev–Trinajstić information content (AvgIpc) is 2.47. The smallest absolute Gasteiger partial charge is 0.0347 e. The van der Waals surface area contributed by atoms with Crippen molar-refractivity contribution in [1.29, 1.82) is 0 Å². The van der Waals surface area contributed by atoms with E-state index in [1.165, 1.54) is 77.0 Å². The number of allylic oxidation sites excluding steroid dienone is 2. The van der Waals surface area contributed by atoms with Crippen molar-refractivity contribution in [2.45, 2.75) is 90.9 Å². The van der Waals surface area contributed by atoms with Gasteiger partial charge in [0.25, 0.3) is 0 Å². The van der Waals surface area contributed by atoms with Gasteiger partial charge in [0.2, 0.25) is 0 Å². The second-order valence-electron chi connectivity index (χ2n) is 5.50. The van der Waals surface area contributed by atoms with Crippen LogP contribution < -0.4 is 0 Å². The van der Waals surface area contributed by atoms with Crippen molar-refractivity contribution in [2.24, 2.45) is 0 Å². The van der Waals surface area contributed by atoms with E-state index in [1.54, 1.807) is 0 Å². The Hall–Kier alpha value is 0.340. The second kappa shape index (κ2) is 19.3. The van der Waals surface area contributed by atoms with Gasteiger partial charge in [0.05, 0.1) is 0 Å². The van der Waals surface area contributed by atoms with Crippen LogP contribution in [0.2, 0.25) is 0 Å². The standard InChI is InChI=1S/C18H36P2/c1-3-5-7-9-11-13-15-17-19-20-18-16-14-12-10-8-6-4-2/h15-20H,3-14H2,1-2H3/b17-15+,18-16+. The monoisotopic (exact) mass is 314 g/mol. The maximum absolute atomic E-state index is 2.41. The molecule has 0 N–H and O–H groups in total. The molecule has 118 valence electrons. The van der Waals surface area contributed by atoms with Gasteiger partial charge in [0.15, 0.2) is 0 Å². The zero-order chi connectivity index (χ0) is 14.7. The summed E-state index contributed by atoms with van der Waals surface area (Å²) >= 11 is 0. The highest BCUT2D eigenvalue weighted by Gasteiger charge is 1.87. The number of unbranched alkanes of at least 4 members (excludes halogenated alkanes) is 10. The van der Waals surface area contributed by atoms with Crippen molar-refractivity contribution in [2.75, 3.05) is 0 Å². The molecule has 0 aliphatic carbocycles. The van der Waals surface area contributed by atoms with E-state index in [0.29, 0.717) is 0 Å². The summed E-state index contributed by atoms with van der Waals surface area (Å²) in [6, 6.07) is 0. The van der Waals surface area contributed by atoms with Gasteiger partial charge in [-0.1, -0.05) is 106 Å². The molecule has 0 amide bonds. The van der Waals surface area contributed by atoms with Crippen molar-refractivity contribution in [3.63, 3.8) is 0 Å². The van der Waals surface area contributed by atoms with Crippen LogP contribution in [0.5, 0.6) is 0 Å². The molecule has 0 saturated carbocycles. The van der Waals surface area contributed by atoms with E-state index in [2.05, 4.69) is 37.6 Å². The summed E-state index contributed by atoms with van der Waals surface area (Å²) in [5.41, 5.74) is 0. The molecule has 0 saturated heterocycles. The van der Waals surface area contributed by atoms with Gasteiger partial charge in [-0.15, -0.1) is 0 Å². The molecule has 2 unspecified atom stereocenters. The Balaban J connectivity index is 3.13. The predicted octanol–water partition coefficient (Wildman–Crippen LogP) is 8.01. The van der Waals surface area contributed by atoms with Crippen molar-refractivity contribution in [3.8, 4) is 0 Å². The normalized spacial score (nSPS) is 13.1. The minimum atomic E-state index is 1.02. The lowest BCUT2D eigenvalue weighted by Gasteiger charge is -1.96. The lowest BCUT2D eigenvalue weighted by molar-refractivity contribution is 0.637. The average molecular weight is 314 g/mol. The summed E-state index contributed by atoms with van der Waals surface area (Å²) in [6.45, 7) is 4.56. The van der Waals surface area contributed by atoms with E-state index in [4.69, 9.17) is 0 Å². The van der Waals surface area contributed by atoms with Crippen LogP contribution in [0.15, 0.2) is 23.8 Å². The van der Waals surface area contributed by atoms with Gasteiger partial charge >= 0.3 is 0 Å². The molecule has 0 heterocycles. The molecular formula is C18H36P2. The van der Waals surface area contributed by atoms with Crippen molar-refractivity contribution < 1.29 is 0 Å². The van der Waals surface area contributed by atoms with Crippen LogP contribution in [-0.2, 0) is 0 Å². The van der Waals surface area contributed by atoms with Crippen LogP contribution in [0, 0.1) is 0 Å². The van der Waals surface area contributed by atoms with Gasteiger partial charge in [-0.2, -0.15) is 0 Å². The van der Waals surface area contributed by atoms with Crippen molar-refractivity contribution in [1.82, 2.24) is 0 Å². The summed E-state index contributed by atoms with van der Waals surface area (Å²) < 4.78 is 0. The molecule has 0 aromatic rings. The summed E-state index contributed by atoms with van der Waals surface area (Å²) in [4.78, 5) is 0. The van der Waals surface area contributed by atoms with Gasteiger partial charge in [-0.25, -0.2) is 0 Å². The molecule has 0 rings (SSSR count). The SMILES string of the molecule is CCCCCCC/C=C/PP/C=C/CCCCCCC. The Morgan fingerprint density at radius 1 is 0.550 bits per heavy atom. The molecule has 0 nitrogen and oxygen atoms in total. The molecule has 0 aliphatic rings. The number of rotatable bonds is 15. The first-order valence-corrected chi connectivity index (χ1v) is 11.9. The fourth-order valence-electron chi connectivity index (χ4n) is 2.11. The van der Waals surface area contributed by atoms with Crippen LogP contribution in [0.3, 0.4) is 0 Å². The minimum Gasteiger partial charge on any atom is -0.0840 e. The molecule has 0 fully saturated rings. The quantitative estimate of drug-likeness (QED) is 0.212. The highest BCUT2D eigenvalue weighted by Crippen LogP contribution is 2.39. The zero-order valence-corrected chi connectivity index (χ0v) is 15.8. The third-order valence-corrected chi connectivity index (χ3v) is 5.91. The Bertz CT molecular complexity index is 197. The Morgan fingerprint density at radius 2 is 0.950 bits per heavy atom. The van der Waals surface area contributed by atoms with E-state index in [0.717, 1.165) is 16.5 Å². The van der Waals surface area contributed by atoms with E-state index in [-0.39, 0.29) is 0 Å². The first-order chi connectivity index (χ1) is 9.91. The van der Waals surface area contributed by atoms with E-state index in [9.17, 15) is 0 Å².